The fourth-order valence-corrected chi connectivity index (χ4v) is 2.72. The summed E-state index contributed by atoms with van der Waals surface area (Å²) in [6.07, 6.45) is 0. The Morgan fingerprint density at radius 3 is 0.917 bits per heavy atom. The Bertz CT molecular complexity index is 145. The summed E-state index contributed by atoms with van der Waals surface area (Å²) in [6.45, 7) is 15.0. The van der Waals surface area contributed by atoms with Crippen molar-refractivity contribution in [2.75, 3.05) is 0 Å². The smallest absolute Gasteiger partial charge is 0.0731 e. The quantitative estimate of drug-likeness (QED) is 0.592. The van der Waals surface area contributed by atoms with Gasteiger partial charge in [-0.05, 0) is 23.2 Å². The summed E-state index contributed by atoms with van der Waals surface area (Å²) >= 11 is 0. The van der Waals surface area contributed by atoms with Gasteiger partial charge in [-0.2, -0.15) is 0 Å². The Hall–Kier alpha value is -0.0400. The van der Waals surface area contributed by atoms with Crippen molar-refractivity contribution in [2.24, 2.45) is 16.2 Å². The standard InChI is InChI=1S/C11H22O/c1-8(2)9(3,4)11(7,12)10(8,5)6/h12H,1-7H3. The first-order valence-corrected chi connectivity index (χ1v) is 4.72. The Kier molecular flexibility index (Phi) is 1.59. The van der Waals surface area contributed by atoms with Crippen LogP contribution in [0.5, 0.6) is 0 Å². The largest absolute Gasteiger partial charge is 0.389 e. The lowest BCUT2D eigenvalue weighted by molar-refractivity contribution is -0.329. The van der Waals surface area contributed by atoms with Gasteiger partial charge < -0.3 is 5.11 Å². The van der Waals surface area contributed by atoms with Gasteiger partial charge in [0.15, 0.2) is 0 Å². The van der Waals surface area contributed by atoms with Gasteiger partial charge in [-0.1, -0.05) is 41.5 Å². The maximum atomic E-state index is 10.3. The molecule has 0 radical (unpaired) electrons. The monoisotopic (exact) mass is 170 g/mol. The number of hydrogen-bond acceptors (Lipinski definition) is 1. The molecule has 1 heteroatoms. The van der Waals surface area contributed by atoms with Crippen molar-refractivity contribution in [3.63, 3.8) is 0 Å². The van der Waals surface area contributed by atoms with Crippen molar-refractivity contribution in [1.82, 2.24) is 0 Å². The molecule has 0 unspecified atom stereocenters. The lowest BCUT2D eigenvalue weighted by atomic mass is 9.32. The van der Waals surface area contributed by atoms with Crippen LogP contribution in [0.15, 0.2) is 0 Å². The zero-order valence-corrected chi connectivity index (χ0v) is 9.45. The second-order valence-electron chi connectivity index (χ2n) is 5.95. The normalized spacial score (nSPS) is 34.0. The van der Waals surface area contributed by atoms with Gasteiger partial charge in [0.05, 0.1) is 5.60 Å². The second-order valence-corrected chi connectivity index (χ2v) is 5.95. The molecule has 1 fully saturated rings. The maximum absolute atomic E-state index is 10.3. The predicted octanol–water partition coefficient (Wildman–Crippen LogP) is 2.83. The van der Waals surface area contributed by atoms with E-state index in [-0.39, 0.29) is 16.2 Å². The molecule has 0 aliphatic heterocycles. The van der Waals surface area contributed by atoms with Crippen LogP contribution in [-0.4, -0.2) is 10.7 Å². The van der Waals surface area contributed by atoms with Crippen molar-refractivity contribution in [3.05, 3.63) is 0 Å². The van der Waals surface area contributed by atoms with Gasteiger partial charge in [0, 0.05) is 0 Å². The molecule has 0 bridgehead atoms. The van der Waals surface area contributed by atoms with Gasteiger partial charge in [-0.3, -0.25) is 0 Å². The van der Waals surface area contributed by atoms with Crippen LogP contribution in [0.2, 0.25) is 0 Å². The van der Waals surface area contributed by atoms with E-state index < -0.39 is 5.60 Å². The molecule has 12 heavy (non-hydrogen) atoms. The molecular formula is C11H22O. The van der Waals surface area contributed by atoms with E-state index in [0.29, 0.717) is 0 Å². The van der Waals surface area contributed by atoms with Gasteiger partial charge in [-0.25, -0.2) is 0 Å². The molecule has 0 aromatic rings. The van der Waals surface area contributed by atoms with Gasteiger partial charge >= 0.3 is 0 Å². The number of rotatable bonds is 0. The minimum atomic E-state index is -0.552. The molecule has 1 rings (SSSR count). The molecule has 1 aliphatic carbocycles. The van der Waals surface area contributed by atoms with Crippen LogP contribution < -0.4 is 0 Å². The van der Waals surface area contributed by atoms with Crippen molar-refractivity contribution in [3.8, 4) is 0 Å². The molecule has 0 atom stereocenters. The number of aliphatic hydroxyl groups is 1. The molecule has 72 valence electrons. The van der Waals surface area contributed by atoms with Crippen LogP contribution in [0.25, 0.3) is 0 Å². The zero-order chi connectivity index (χ0) is 10.0. The molecule has 0 aromatic carbocycles. The Morgan fingerprint density at radius 1 is 0.583 bits per heavy atom. The molecule has 0 aromatic heterocycles. The van der Waals surface area contributed by atoms with Crippen LogP contribution in [0.3, 0.4) is 0 Å². The van der Waals surface area contributed by atoms with Crippen molar-refractivity contribution < 1.29 is 5.11 Å². The van der Waals surface area contributed by atoms with Crippen LogP contribution in [0.1, 0.15) is 48.5 Å². The van der Waals surface area contributed by atoms with Crippen LogP contribution in [-0.2, 0) is 0 Å². The summed E-state index contributed by atoms with van der Waals surface area (Å²) in [5.74, 6) is 0. The minimum Gasteiger partial charge on any atom is -0.389 e. The highest BCUT2D eigenvalue weighted by Crippen LogP contribution is 2.72. The van der Waals surface area contributed by atoms with E-state index in [4.69, 9.17) is 0 Å². The molecule has 1 N–H and O–H groups in total. The SMILES string of the molecule is CC1(C)C(C)(C)C(C)(O)C1(C)C. The Labute approximate surface area is 76.2 Å². The van der Waals surface area contributed by atoms with Crippen molar-refractivity contribution in [1.29, 1.82) is 0 Å². The van der Waals surface area contributed by atoms with E-state index in [1.165, 1.54) is 0 Å². The molecule has 0 spiro atoms. The topological polar surface area (TPSA) is 20.2 Å². The van der Waals surface area contributed by atoms with Gasteiger partial charge in [-0.15, -0.1) is 0 Å². The number of hydrogen-bond donors (Lipinski definition) is 1. The van der Waals surface area contributed by atoms with Gasteiger partial charge in [0.2, 0.25) is 0 Å². The molecular weight excluding hydrogens is 148 g/mol. The first-order valence-electron chi connectivity index (χ1n) is 4.72. The van der Waals surface area contributed by atoms with E-state index >= 15 is 0 Å². The average molecular weight is 170 g/mol. The average Bonchev–Trinajstić information content (AvgIpc) is 1.84. The third kappa shape index (κ3) is 0.618. The summed E-state index contributed by atoms with van der Waals surface area (Å²) in [5.41, 5.74) is -0.347. The fraction of sp³-hybridized carbons (Fsp3) is 1.00. The summed E-state index contributed by atoms with van der Waals surface area (Å²) in [7, 11) is 0. The van der Waals surface area contributed by atoms with Gasteiger partial charge in [0.1, 0.15) is 0 Å². The molecule has 0 heterocycles. The van der Waals surface area contributed by atoms with E-state index in [9.17, 15) is 5.11 Å². The first-order chi connectivity index (χ1) is 5.00. The predicted molar refractivity (Wildman–Crippen MR) is 52.0 cm³/mol. The van der Waals surface area contributed by atoms with Crippen LogP contribution >= 0.6 is 0 Å². The van der Waals surface area contributed by atoms with E-state index in [2.05, 4.69) is 41.5 Å². The highest BCUT2D eigenvalue weighted by molar-refractivity contribution is 5.22. The molecule has 1 nitrogen and oxygen atoms in total. The van der Waals surface area contributed by atoms with E-state index in [0.717, 1.165) is 0 Å². The summed E-state index contributed by atoms with van der Waals surface area (Å²) in [5, 5.41) is 10.3. The van der Waals surface area contributed by atoms with Crippen molar-refractivity contribution >= 4 is 0 Å². The summed E-state index contributed by atoms with van der Waals surface area (Å²) in [4.78, 5) is 0. The van der Waals surface area contributed by atoms with E-state index in [1.54, 1.807) is 0 Å². The summed E-state index contributed by atoms with van der Waals surface area (Å²) in [6, 6.07) is 0. The Morgan fingerprint density at radius 2 is 0.833 bits per heavy atom. The molecule has 1 saturated carbocycles. The highest BCUT2D eigenvalue weighted by atomic mass is 16.3. The lowest BCUT2D eigenvalue weighted by Crippen LogP contribution is -2.76. The third-order valence-electron chi connectivity index (χ3n) is 5.56. The second kappa shape index (κ2) is 1.89. The lowest BCUT2D eigenvalue weighted by Gasteiger charge is -2.74. The van der Waals surface area contributed by atoms with Crippen LogP contribution in [0.4, 0.5) is 0 Å². The minimum absolute atomic E-state index is 0.00347. The third-order valence-corrected chi connectivity index (χ3v) is 5.56. The molecule has 1 aliphatic rings. The molecule has 0 amide bonds. The van der Waals surface area contributed by atoms with E-state index in [1.807, 2.05) is 6.92 Å². The fourth-order valence-electron chi connectivity index (χ4n) is 2.72. The van der Waals surface area contributed by atoms with Gasteiger partial charge in [0.25, 0.3) is 0 Å². The maximum Gasteiger partial charge on any atom is 0.0731 e. The highest BCUT2D eigenvalue weighted by Gasteiger charge is 2.73. The van der Waals surface area contributed by atoms with Crippen molar-refractivity contribution in [2.45, 2.75) is 54.1 Å². The Balaban J connectivity index is 3.16. The zero-order valence-electron chi connectivity index (χ0n) is 9.45. The first kappa shape index (κ1) is 10.0. The molecule has 0 saturated heterocycles. The summed E-state index contributed by atoms with van der Waals surface area (Å²) < 4.78 is 0. The van der Waals surface area contributed by atoms with Crippen LogP contribution in [0, 0.1) is 16.2 Å².